The molecule has 0 aromatic heterocycles. The van der Waals surface area contributed by atoms with Crippen molar-refractivity contribution in [2.75, 3.05) is 0 Å². The summed E-state index contributed by atoms with van der Waals surface area (Å²) in [5, 5.41) is 0. The minimum atomic E-state index is -1.52. The van der Waals surface area contributed by atoms with Crippen LogP contribution in [0, 0.1) is 0 Å². The Kier molecular flexibility index (Phi) is 4.89. The minimum Gasteiger partial charge on any atom is -0.567 e. The summed E-state index contributed by atoms with van der Waals surface area (Å²) in [5.41, 5.74) is 6.27. The van der Waals surface area contributed by atoms with Crippen molar-refractivity contribution >= 4 is 14.7 Å². The van der Waals surface area contributed by atoms with Gasteiger partial charge in [-0.15, -0.1) is 11.5 Å². The van der Waals surface area contributed by atoms with E-state index in [1.165, 1.54) is 10.9 Å². The van der Waals surface area contributed by atoms with E-state index in [1.807, 2.05) is 6.08 Å². The van der Waals surface area contributed by atoms with Crippen LogP contribution in [0.2, 0.25) is 19.6 Å². The van der Waals surface area contributed by atoms with E-state index in [1.54, 1.807) is 0 Å². The molecule has 2 rings (SSSR count). The molecule has 0 saturated carbocycles. The Balaban J connectivity index is 2.76. The maximum atomic E-state index is 3.47. The predicted molar refractivity (Wildman–Crippen MR) is 101 cm³/mol. The number of hydrogen-bond acceptors (Lipinski definition) is 0. The molecule has 0 radical (unpaired) electrons. The second-order valence-electron chi connectivity index (χ2n) is 7.97. The van der Waals surface area contributed by atoms with Crippen LogP contribution in [-0.2, 0) is 0 Å². The molecule has 22 heavy (non-hydrogen) atoms. The Labute approximate surface area is 137 Å². The van der Waals surface area contributed by atoms with E-state index in [2.05, 4.69) is 92.8 Å². The van der Waals surface area contributed by atoms with E-state index in [0.29, 0.717) is 0 Å². The van der Waals surface area contributed by atoms with Gasteiger partial charge in [-0.25, -0.2) is 0 Å². The van der Waals surface area contributed by atoms with E-state index in [-0.39, 0.29) is 12.0 Å². The van der Waals surface area contributed by atoms with Gasteiger partial charge in [-0.3, -0.25) is 0 Å². The fourth-order valence-electron chi connectivity index (χ4n) is 3.56. The maximum Gasteiger partial charge on any atom is 0.292 e. The summed E-state index contributed by atoms with van der Waals surface area (Å²) >= 11 is 0. The molecule has 0 aromatic rings. The van der Waals surface area contributed by atoms with Crippen molar-refractivity contribution in [3.63, 3.8) is 0 Å². The maximum absolute atomic E-state index is 3.47. The van der Waals surface area contributed by atoms with Crippen LogP contribution in [0.5, 0.6) is 0 Å². The van der Waals surface area contributed by atoms with Gasteiger partial charge in [0.25, 0.3) is 8.24 Å². The Morgan fingerprint density at radius 2 is 1.82 bits per heavy atom. The van der Waals surface area contributed by atoms with E-state index < -0.39 is 8.24 Å². The Hall–Kier alpha value is -1.44. The summed E-state index contributed by atoms with van der Waals surface area (Å²) in [6.45, 7) is 14.6. The zero-order chi connectivity index (χ0) is 16.4. The van der Waals surface area contributed by atoms with Crippen molar-refractivity contribution in [1.82, 2.24) is 0 Å². The summed E-state index contributed by atoms with van der Waals surface area (Å²) in [4.78, 5) is 0. The molecule has 1 nitrogen and oxygen atoms in total. The van der Waals surface area contributed by atoms with Crippen molar-refractivity contribution in [2.45, 2.75) is 52.4 Å². The molecule has 0 bridgehead atoms. The van der Waals surface area contributed by atoms with E-state index >= 15 is 0 Å². The first kappa shape index (κ1) is 16.9. The highest BCUT2D eigenvalue weighted by Crippen LogP contribution is 2.23. The molecule has 0 atom stereocenters. The van der Waals surface area contributed by atoms with Crippen LogP contribution < -0.4 is 0 Å². The first-order chi connectivity index (χ1) is 10.2. The molecule has 0 heterocycles. The van der Waals surface area contributed by atoms with Crippen LogP contribution in [0.3, 0.4) is 0 Å². The monoisotopic (exact) mass is 309 g/mol. The second kappa shape index (κ2) is 6.36. The standard InChI is InChI=1S/C19H28BNSi/c1-19(2,3)21(22(4,5)6)20(18-15-11-12-16-18)17-13-9-7-8-10-14-17/h7-9,11-15H,10H2,1-6H3. The Bertz CT molecular complexity index is 651. The van der Waals surface area contributed by atoms with Crippen molar-refractivity contribution in [2.24, 2.45) is 0 Å². The largest absolute Gasteiger partial charge is 0.567 e. The molecule has 0 aliphatic heterocycles. The average molecular weight is 309 g/mol. The third-order valence-electron chi connectivity index (χ3n) is 3.96. The van der Waals surface area contributed by atoms with Crippen LogP contribution in [0.1, 0.15) is 27.2 Å². The topological polar surface area (TPSA) is 3.01 Å². The Morgan fingerprint density at radius 3 is 2.36 bits per heavy atom. The lowest BCUT2D eigenvalue weighted by molar-refractivity contribution is -0.472. The summed E-state index contributed by atoms with van der Waals surface area (Å²) in [6, 6.07) is 0. The van der Waals surface area contributed by atoms with Crippen LogP contribution in [0.4, 0.5) is 0 Å². The molecule has 0 aromatic carbocycles. The second-order valence-corrected chi connectivity index (χ2v) is 12.8. The van der Waals surface area contributed by atoms with Gasteiger partial charge >= 0.3 is 0 Å². The molecule has 0 amide bonds. The first-order valence-electron chi connectivity index (χ1n) is 8.17. The summed E-state index contributed by atoms with van der Waals surface area (Å²) in [6.07, 6.45) is 18.5. The van der Waals surface area contributed by atoms with Crippen LogP contribution in [0.25, 0.3) is 0 Å². The van der Waals surface area contributed by atoms with Gasteiger partial charge in [0.1, 0.15) is 0 Å². The average Bonchev–Trinajstić information content (AvgIpc) is 2.75. The Morgan fingerprint density at radius 1 is 1.09 bits per heavy atom. The van der Waals surface area contributed by atoms with Gasteiger partial charge < -0.3 is 4.14 Å². The summed E-state index contributed by atoms with van der Waals surface area (Å²) in [5.74, 6) is 0. The predicted octanol–water partition coefficient (Wildman–Crippen LogP) is 5.06. The van der Waals surface area contributed by atoms with Gasteiger partial charge in [0.2, 0.25) is 6.51 Å². The summed E-state index contributed by atoms with van der Waals surface area (Å²) in [7, 11) is -1.52. The van der Waals surface area contributed by atoms with Gasteiger partial charge in [0.15, 0.2) is 0 Å². The summed E-state index contributed by atoms with van der Waals surface area (Å²) < 4.78 is 2.74. The smallest absolute Gasteiger partial charge is 0.292 e. The van der Waals surface area contributed by atoms with E-state index in [9.17, 15) is 0 Å². The fourth-order valence-corrected chi connectivity index (χ4v) is 6.64. The molecule has 0 saturated heterocycles. The van der Waals surface area contributed by atoms with Crippen LogP contribution in [0.15, 0.2) is 65.3 Å². The van der Waals surface area contributed by atoms with Crippen molar-refractivity contribution < 1.29 is 4.14 Å². The molecule has 0 N–H and O–H groups in total. The lowest BCUT2D eigenvalue weighted by Crippen LogP contribution is -2.53. The zero-order valence-corrected chi connectivity index (χ0v) is 15.9. The SMILES string of the molecule is CC(C)(C)/[N+](=[B-](\C1=C=CC=C1)C1=CCC=CC=C1)[Si](C)(C)C. The van der Waals surface area contributed by atoms with E-state index in [0.717, 1.165) is 6.42 Å². The van der Waals surface area contributed by atoms with Crippen LogP contribution >= 0.6 is 0 Å². The molecule has 0 fully saturated rings. The van der Waals surface area contributed by atoms with Crippen molar-refractivity contribution in [1.29, 1.82) is 0 Å². The molecule has 2 aliphatic rings. The lowest BCUT2D eigenvalue weighted by atomic mass is 9.55. The number of nitrogens with zero attached hydrogens (tertiary/aromatic N) is 1. The normalized spacial score (nSPS) is 19.0. The van der Waals surface area contributed by atoms with Gasteiger partial charge in [-0.2, -0.15) is 11.2 Å². The van der Waals surface area contributed by atoms with E-state index in [4.69, 9.17) is 0 Å². The molecule has 0 spiro atoms. The molecular weight excluding hydrogens is 281 g/mol. The van der Waals surface area contributed by atoms with Crippen LogP contribution in [-0.4, -0.2) is 24.4 Å². The van der Waals surface area contributed by atoms with Gasteiger partial charge in [-0.1, -0.05) is 36.5 Å². The molecule has 3 heteroatoms. The highest BCUT2D eigenvalue weighted by Gasteiger charge is 2.34. The highest BCUT2D eigenvalue weighted by atomic mass is 28.3. The molecule has 2 aliphatic carbocycles. The quantitative estimate of drug-likeness (QED) is 0.506. The van der Waals surface area contributed by atoms with Crippen molar-refractivity contribution in [3.8, 4) is 0 Å². The van der Waals surface area contributed by atoms with Crippen molar-refractivity contribution in [3.05, 3.63) is 65.3 Å². The van der Waals surface area contributed by atoms with Gasteiger partial charge in [0.05, 0.1) is 5.54 Å². The molecular formula is C19H28BNSi. The minimum absolute atomic E-state index is 0.120. The number of allylic oxidation sites excluding steroid dienone is 9. The highest BCUT2D eigenvalue weighted by molar-refractivity contribution is 6.74. The zero-order valence-electron chi connectivity index (χ0n) is 14.9. The van der Waals surface area contributed by atoms with Gasteiger partial charge in [-0.05, 0) is 52.9 Å². The fraction of sp³-hybridized carbons (Fsp3) is 0.421. The number of rotatable bonds is 3. The van der Waals surface area contributed by atoms with Gasteiger partial charge in [0, 0.05) is 0 Å². The number of hydrogen-bond donors (Lipinski definition) is 0. The molecule has 0 unspecified atom stereocenters. The first-order valence-corrected chi connectivity index (χ1v) is 11.6. The molecule has 116 valence electrons. The third kappa shape index (κ3) is 3.85. The third-order valence-corrected chi connectivity index (χ3v) is 6.34. The lowest BCUT2D eigenvalue weighted by Gasteiger charge is -2.42.